The molecule has 7 heteroatoms. The predicted octanol–water partition coefficient (Wildman–Crippen LogP) is 2.14. The Kier molecular flexibility index (Phi) is 3.99. The molecule has 24 heavy (non-hydrogen) atoms. The summed E-state index contributed by atoms with van der Waals surface area (Å²) in [6.45, 7) is 5.85. The number of benzene rings is 1. The molecule has 1 fully saturated rings. The van der Waals surface area contributed by atoms with Crippen LogP contribution in [0.2, 0.25) is 0 Å². The van der Waals surface area contributed by atoms with Crippen LogP contribution in [0.4, 0.5) is 0 Å². The number of fused-ring (bicyclic) bond motifs is 1. The lowest BCUT2D eigenvalue weighted by Gasteiger charge is -2.37. The lowest BCUT2D eigenvalue weighted by Crippen LogP contribution is -2.46. The Morgan fingerprint density at radius 2 is 1.83 bits per heavy atom. The van der Waals surface area contributed by atoms with Crippen LogP contribution in [-0.4, -0.2) is 62.7 Å². The molecule has 4 rings (SSSR count). The van der Waals surface area contributed by atoms with Gasteiger partial charge in [-0.1, -0.05) is 41.7 Å². The summed E-state index contributed by atoms with van der Waals surface area (Å²) >= 11 is 1.53. The van der Waals surface area contributed by atoms with Crippen LogP contribution in [0, 0.1) is 6.92 Å². The Morgan fingerprint density at radius 1 is 1.12 bits per heavy atom. The van der Waals surface area contributed by atoms with Crippen LogP contribution >= 0.6 is 11.3 Å². The Labute approximate surface area is 145 Å². The summed E-state index contributed by atoms with van der Waals surface area (Å²) in [4.78, 5) is 10.8. The number of hydrogen-bond donors (Lipinski definition) is 1. The van der Waals surface area contributed by atoms with Gasteiger partial charge < -0.3 is 10.0 Å². The molecule has 2 aromatic heterocycles. The normalized spacial score (nSPS) is 18.2. The summed E-state index contributed by atoms with van der Waals surface area (Å²) in [5, 5.41) is 15.1. The second-order valence-electron chi connectivity index (χ2n) is 6.30. The lowest BCUT2D eigenvalue weighted by molar-refractivity contribution is 0.127. The van der Waals surface area contributed by atoms with E-state index in [1.54, 1.807) is 4.52 Å². The highest BCUT2D eigenvalue weighted by molar-refractivity contribution is 7.17. The minimum atomic E-state index is 0.0358. The summed E-state index contributed by atoms with van der Waals surface area (Å²) in [5.74, 6) is 0.891. The summed E-state index contributed by atoms with van der Waals surface area (Å²) < 4.78 is 1.56. The predicted molar refractivity (Wildman–Crippen MR) is 94.6 cm³/mol. The Balaban J connectivity index is 1.79. The molecule has 1 atom stereocenters. The molecule has 3 aromatic rings. The number of hydrogen-bond acceptors (Lipinski definition) is 6. The van der Waals surface area contributed by atoms with Crippen molar-refractivity contribution in [3.8, 4) is 5.88 Å². The Morgan fingerprint density at radius 3 is 2.50 bits per heavy atom. The van der Waals surface area contributed by atoms with Gasteiger partial charge in [-0.25, -0.2) is 4.98 Å². The van der Waals surface area contributed by atoms with Crippen molar-refractivity contribution < 1.29 is 5.11 Å². The van der Waals surface area contributed by atoms with Crippen molar-refractivity contribution in [3.63, 3.8) is 0 Å². The maximum atomic E-state index is 10.8. The van der Waals surface area contributed by atoms with Crippen LogP contribution in [0.1, 0.15) is 22.3 Å². The molecule has 6 nitrogen and oxygen atoms in total. The number of thiazole rings is 1. The largest absolute Gasteiger partial charge is 0.492 e. The molecule has 0 radical (unpaired) electrons. The molecular formula is C17H21N5OS. The van der Waals surface area contributed by atoms with Gasteiger partial charge in [0.15, 0.2) is 0 Å². The fraction of sp³-hybridized carbons (Fsp3) is 0.412. The van der Waals surface area contributed by atoms with E-state index < -0.39 is 0 Å². The van der Waals surface area contributed by atoms with Crippen LogP contribution in [-0.2, 0) is 0 Å². The van der Waals surface area contributed by atoms with Crippen molar-refractivity contribution in [1.29, 1.82) is 0 Å². The molecule has 0 saturated carbocycles. The van der Waals surface area contributed by atoms with Crippen LogP contribution in [0.25, 0.3) is 4.96 Å². The lowest BCUT2D eigenvalue weighted by atomic mass is 10.0. The van der Waals surface area contributed by atoms with Crippen molar-refractivity contribution in [2.75, 3.05) is 33.2 Å². The number of aromatic hydroxyl groups is 1. The number of nitrogens with zero attached hydrogens (tertiary/aromatic N) is 5. The number of likely N-dealkylation sites (N-methyl/N-ethyl adjacent to an activating group) is 1. The zero-order valence-corrected chi connectivity index (χ0v) is 14.7. The van der Waals surface area contributed by atoms with Crippen molar-refractivity contribution in [3.05, 3.63) is 46.6 Å². The standard InChI is InChI=1S/C17H21N5OS/c1-12-18-17-22(19-12)16(23)15(24-17)14(13-6-4-3-5-7-13)21-10-8-20(2)9-11-21/h3-7,14,23H,8-11H2,1-2H3/t14-/m0/s1. The van der Waals surface area contributed by atoms with Crippen molar-refractivity contribution in [2.24, 2.45) is 0 Å². The molecule has 0 bridgehead atoms. The second kappa shape index (κ2) is 6.16. The van der Waals surface area contributed by atoms with E-state index in [0.29, 0.717) is 5.82 Å². The van der Waals surface area contributed by atoms with E-state index >= 15 is 0 Å². The highest BCUT2D eigenvalue weighted by Gasteiger charge is 2.30. The van der Waals surface area contributed by atoms with E-state index in [1.807, 2.05) is 13.0 Å². The number of aromatic nitrogens is 3. The smallest absolute Gasteiger partial charge is 0.230 e. The first kappa shape index (κ1) is 15.6. The van der Waals surface area contributed by atoms with Crippen molar-refractivity contribution >= 4 is 16.3 Å². The van der Waals surface area contributed by atoms with E-state index in [1.165, 1.54) is 16.9 Å². The third-order valence-corrected chi connectivity index (χ3v) is 5.64. The first-order valence-corrected chi connectivity index (χ1v) is 8.97. The molecule has 0 amide bonds. The van der Waals surface area contributed by atoms with E-state index in [2.05, 4.69) is 51.2 Å². The highest BCUT2D eigenvalue weighted by atomic mass is 32.1. The molecule has 1 aliphatic rings. The first-order valence-electron chi connectivity index (χ1n) is 8.16. The van der Waals surface area contributed by atoms with Gasteiger partial charge in [0.1, 0.15) is 5.82 Å². The van der Waals surface area contributed by atoms with E-state index in [-0.39, 0.29) is 11.9 Å². The van der Waals surface area contributed by atoms with E-state index in [0.717, 1.165) is 36.0 Å². The molecule has 126 valence electrons. The van der Waals surface area contributed by atoms with Gasteiger partial charge in [0.25, 0.3) is 0 Å². The molecule has 1 aliphatic heterocycles. The fourth-order valence-corrected chi connectivity index (χ4v) is 4.43. The topological polar surface area (TPSA) is 56.9 Å². The Bertz CT molecular complexity index is 835. The SMILES string of the molecule is Cc1nc2sc([C@H](c3ccccc3)N3CCN(C)CC3)c(O)n2n1. The summed E-state index contributed by atoms with van der Waals surface area (Å²) in [6, 6.07) is 10.4. The molecule has 0 unspecified atom stereocenters. The van der Waals surface area contributed by atoms with E-state index in [9.17, 15) is 5.11 Å². The quantitative estimate of drug-likeness (QED) is 0.790. The first-order chi connectivity index (χ1) is 11.6. The number of piperazine rings is 1. The monoisotopic (exact) mass is 343 g/mol. The summed E-state index contributed by atoms with van der Waals surface area (Å²) in [6.07, 6.45) is 0. The summed E-state index contributed by atoms with van der Waals surface area (Å²) in [5.41, 5.74) is 1.19. The minimum absolute atomic E-state index is 0.0358. The molecule has 1 aromatic carbocycles. The summed E-state index contributed by atoms with van der Waals surface area (Å²) in [7, 11) is 2.15. The van der Waals surface area contributed by atoms with Crippen LogP contribution in [0.5, 0.6) is 5.88 Å². The van der Waals surface area contributed by atoms with Gasteiger partial charge >= 0.3 is 0 Å². The molecule has 1 N–H and O–H groups in total. The van der Waals surface area contributed by atoms with Gasteiger partial charge in [-0.05, 0) is 19.5 Å². The van der Waals surface area contributed by atoms with Crippen LogP contribution < -0.4 is 0 Å². The van der Waals surface area contributed by atoms with Gasteiger partial charge in [0.05, 0.1) is 10.9 Å². The fourth-order valence-electron chi connectivity index (χ4n) is 3.27. The molecule has 0 aliphatic carbocycles. The molecular weight excluding hydrogens is 322 g/mol. The minimum Gasteiger partial charge on any atom is -0.492 e. The zero-order chi connectivity index (χ0) is 16.7. The maximum Gasteiger partial charge on any atom is 0.230 e. The average Bonchev–Trinajstić information content (AvgIpc) is 3.09. The van der Waals surface area contributed by atoms with Gasteiger partial charge in [-0.15, -0.1) is 5.10 Å². The van der Waals surface area contributed by atoms with Gasteiger partial charge in [0.2, 0.25) is 10.8 Å². The third kappa shape index (κ3) is 2.68. The van der Waals surface area contributed by atoms with E-state index in [4.69, 9.17) is 0 Å². The number of aryl methyl sites for hydroxylation is 1. The average molecular weight is 343 g/mol. The zero-order valence-electron chi connectivity index (χ0n) is 13.9. The maximum absolute atomic E-state index is 10.8. The van der Waals surface area contributed by atoms with Crippen LogP contribution in [0.3, 0.4) is 0 Å². The van der Waals surface area contributed by atoms with Crippen molar-refractivity contribution in [1.82, 2.24) is 24.4 Å². The van der Waals surface area contributed by atoms with Crippen LogP contribution in [0.15, 0.2) is 30.3 Å². The van der Waals surface area contributed by atoms with Crippen molar-refractivity contribution in [2.45, 2.75) is 13.0 Å². The van der Waals surface area contributed by atoms with Gasteiger partial charge in [-0.2, -0.15) is 4.52 Å². The van der Waals surface area contributed by atoms with Gasteiger partial charge in [-0.3, -0.25) is 4.90 Å². The molecule has 3 heterocycles. The number of rotatable bonds is 3. The molecule has 0 spiro atoms. The third-order valence-electron chi connectivity index (χ3n) is 4.57. The molecule has 1 saturated heterocycles. The second-order valence-corrected chi connectivity index (χ2v) is 7.30. The Hall–Kier alpha value is -1.96. The van der Waals surface area contributed by atoms with Gasteiger partial charge in [0, 0.05) is 26.2 Å². The highest BCUT2D eigenvalue weighted by Crippen LogP contribution is 2.40.